The first-order chi connectivity index (χ1) is 7.48. The number of ether oxygens (including phenoxy) is 1. The van der Waals surface area contributed by atoms with Crippen molar-refractivity contribution in [3.63, 3.8) is 0 Å². The summed E-state index contributed by atoms with van der Waals surface area (Å²) in [5, 5.41) is 0. The zero-order chi connectivity index (χ0) is 11.8. The van der Waals surface area contributed by atoms with Crippen LogP contribution in [0.5, 0.6) is 0 Å². The Morgan fingerprint density at radius 3 is 2.81 bits per heavy atom. The molecule has 0 amide bonds. The first-order valence-corrected chi connectivity index (χ1v) is 5.82. The van der Waals surface area contributed by atoms with E-state index in [2.05, 4.69) is 42.7 Å². The van der Waals surface area contributed by atoms with Crippen molar-refractivity contribution in [1.82, 2.24) is 14.9 Å². The van der Waals surface area contributed by atoms with Gasteiger partial charge in [-0.05, 0) is 7.05 Å². The maximum absolute atomic E-state index is 5.50. The summed E-state index contributed by atoms with van der Waals surface area (Å²) in [6.45, 7) is 9.08. The summed E-state index contributed by atoms with van der Waals surface area (Å²) in [7, 11) is 2.12. The zero-order valence-corrected chi connectivity index (χ0v) is 10.6. The largest absolute Gasteiger partial charge is 0.378 e. The molecule has 1 atom stereocenters. The van der Waals surface area contributed by atoms with Crippen LogP contribution in [0.3, 0.4) is 0 Å². The fraction of sp³-hybridized carbons (Fsp3) is 0.750. The Labute approximate surface area is 97.0 Å². The summed E-state index contributed by atoms with van der Waals surface area (Å²) in [4.78, 5) is 10.2. The molecule has 0 aliphatic carbocycles. The lowest BCUT2D eigenvalue weighted by molar-refractivity contribution is 0.00206. The third-order valence-electron chi connectivity index (χ3n) is 3.12. The summed E-state index contributed by atoms with van der Waals surface area (Å²) >= 11 is 0. The molecule has 1 aliphatic heterocycles. The van der Waals surface area contributed by atoms with Crippen molar-refractivity contribution in [3.05, 3.63) is 17.7 Å². The molecule has 0 aromatic carbocycles. The molecule has 2 heterocycles. The molecule has 0 radical (unpaired) electrons. The molecule has 1 aromatic heterocycles. The number of hydrogen-bond donors (Lipinski definition) is 1. The van der Waals surface area contributed by atoms with Crippen LogP contribution in [0.2, 0.25) is 0 Å². The van der Waals surface area contributed by atoms with Gasteiger partial charge in [0, 0.05) is 23.9 Å². The smallest absolute Gasteiger partial charge is 0.126 e. The van der Waals surface area contributed by atoms with Gasteiger partial charge in [-0.25, -0.2) is 4.98 Å². The van der Waals surface area contributed by atoms with E-state index in [1.807, 2.05) is 6.20 Å². The van der Waals surface area contributed by atoms with Crippen LogP contribution < -0.4 is 0 Å². The van der Waals surface area contributed by atoms with E-state index < -0.39 is 0 Å². The molecule has 1 N–H and O–H groups in total. The zero-order valence-electron chi connectivity index (χ0n) is 10.6. The Morgan fingerprint density at radius 2 is 2.25 bits per heavy atom. The van der Waals surface area contributed by atoms with Crippen LogP contribution in [-0.4, -0.2) is 41.7 Å². The van der Waals surface area contributed by atoms with Crippen LogP contribution in [0.1, 0.15) is 38.3 Å². The third kappa shape index (κ3) is 2.28. The molecule has 16 heavy (non-hydrogen) atoms. The van der Waals surface area contributed by atoms with Crippen LogP contribution >= 0.6 is 0 Å². The van der Waals surface area contributed by atoms with E-state index in [0.717, 1.165) is 25.6 Å². The lowest BCUT2D eigenvalue weighted by Crippen LogP contribution is -2.37. The van der Waals surface area contributed by atoms with Gasteiger partial charge in [0.2, 0.25) is 0 Å². The number of H-pyrrole nitrogens is 1. The van der Waals surface area contributed by atoms with Crippen LogP contribution in [0.4, 0.5) is 0 Å². The predicted molar refractivity (Wildman–Crippen MR) is 63.5 cm³/mol. The number of aromatic nitrogens is 2. The molecule has 0 spiro atoms. The van der Waals surface area contributed by atoms with Crippen LogP contribution in [0.25, 0.3) is 0 Å². The van der Waals surface area contributed by atoms with Crippen molar-refractivity contribution in [3.8, 4) is 0 Å². The number of hydrogen-bond acceptors (Lipinski definition) is 3. The molecule has 0 bridgehead atoms. The Balaban J connectivity index is 2.18. The van der Waals surface area contributed by atoms with Gasteiger partial charge in [0.25, 0.3) is 0 Å². The van der Waals surface area contributed by atoms with E-state index in [4.69, 9.17) is 4.74 Å². The highest BCUT2D eigenvalue weighted by molar-refractivity contribution is 5.13. The second-order valence-corrected chi connectivity index (χ2v) is 5.50. The van der Waals surface area contributed by atoms with Crippen molar-refractivity contribution in [2.45, 2.75) is 32.2 Å². The highest BCUT2D eigenvalue weighted by atomic mass is 16.5. The Hall–Kier alpha value is -0.870. The van der Waals surface area contributed by atoms with Gasteiger partial charge in [0.15, 0.2) is 0 Å². The van der Waals surface area contributed by atoms with Crippen molar-refractivity contribution in [2.24, 2.45) is 0 Å². The van der Waals surface area contributed by atoms with Gasteiger partial charge in [-0.1, -0.05) is 20.8 Å². The molecule has 0 saturated carbocycles. The highest BCUT2D eigenvalue weighted by Gasteiger charge is 2.25. The first kappa shape index (κ1) is 11.6. The minimum absolute atomic E-state index is 0.124. The van der Waals surface area contributed by atoms with Gasteiger partial charge in [0.05, 0.1) is 19.3 Å². The SMILES string of the molecule is CN1CCOCC1c1ncc(C(C)(C)C)[nH]1. The molecule has 1 saturated heterocycles. The fourth-order valence-electron chi connectivity index (χ4n) is 1.86. The molecule has 1 aromatic rings. The summed E-state index contributed by atoms with van der Waals surface area (Å²) in [5.41, 5.74) is 1.31. The fourth-order valence-corrected chi connectivity index (χ4v) is 1.86. The number of morpholine rings is 1. The van der Waals surface area contributed by atoms with Crippen LogP contribution in [-0.2, 0) is 10.2 Å². The Bertz CT molecular complexity index is 353. The van der Waals surface area contributed by atoms with E-state index in [-0.39, 0.29) is 11.5 Å². The summed E-state index contributed by atoms with van der Waals surface area (Å²) in [6, 6.07) is 0.268. The van der Waals surface area contributed by atoms with Crippen LogP contribution in [0, 0.1) is 0 Å². The number of rotatable bonds is 1. The maximum atomic E-state index is 5.50. The van der Waals surface area contributed by atoms with Gasteiger partial charge < -0.3 is 9.72 Å². The summed E-state index contributed by atoms with van der Waals surface area (Å²) in [5.74, 6) is 1.02. The Kier molecular flexibility index (Phi) is 3.04. The van der Waals surface area contributed by atoms with Crippen molar-refractivity contribution in [1.29, 1.82) is 0 Å². The topological polar surface area (TPSA) is 41.1 Å². The van der Waals surface area contributed by atoms with E-state index >= 15 is 0 Å². The maximum Gasteiger partial charge on any atom is 0.126 e. The van der Waals surface area contributed by atoms with Gasteiger partial charge in [-0.2, -0.15) is 0 Å². The number of nitrogens with zero attached hydrogens (tertiary/aromatic N) is 2. The quantitative estimate of drug-likeness (QED) is 0.788. The number of likely N-dealkylation sites (N-methyl/N-ethyl adjacent to an activating group) is 1. The summed E-state index contributed by atoms with van der Waals surface area (Å²) in [6.07, 6.45) is 1.94. The molecule has 1 aliphatic rings. The van der Waals surface area contributed by atoms with Crippen molar-refractivity contribution < 1.29 is 4.74 Å². The Morgan fingerprint density at radius 1 is 1.50 bits per heavy atom. The van der Waals surface area contributed by atoms with Crippen molar-refractivity contribution >= 4 is 0 Å². The normalized spacial score (nSPS) is 23.6. The molecule has 4 heteroatoms. The average Bonchev–Trinajstić information content (AvgIpc) is 2.66. The van der Waals surface area contributed by atoms with Gasteiger partial charge >= 0.3 is 0 Å². The number of aromatic amines is 1. The monoisotopic (exact) mass is 223 g/mol. The third-order valence-corrected chi connectivity index (χ3v) is 3.12. The van der Waals surface area contributed by atoms with Crippen molar-refractivity contribution in [2.75, 3.05) is 26.8 Å². The lowest BCUT2D eigenvalue weighted by atomic mass is 9.93. The number of imidazole rings is 1. The second kappa shape index (κ2) is 4.18. The molecule has 1 fully saturated rings. The van der Waals surface area contributed by atoms with E-state index in [1.165, 1.54) is 5.69 Å². The van der Waals surface area contributed by atoms with Crippen LogP contribution in [0.15, 0.2) is 6.20 Å². The molecule has 4 nitrogen and oxygen atoms in total. The van der Waals surface area contributed by atoms with Gasteiger partial charge in [-0.15, -0.1) is 0 Å². The average molecular weight is 223 g/mol. The highest BCUT2D eigenvalue weighted by Crippen LogP contribution is 2.24. The van der Waals surface area contributed by atoms with E-state index in [9.17, 15) is 0 Å². The molecular formula is C12H21N3O. The molecule has 1 unspecified atom stereocenters. The lowest BCUT2D eigenvalue weighted by Gasteiger charge is -2.31. The second-order valence-electron chi connectivity index (χ2n) is 5.50. The van der Waals surface area contributed by atoms with Gasteiger partial charge in [0.1, 0.15) is 5.82 Å². The number of nitrogens with one attached hydrogen (secondary N) is 1. The molecule has 90 valence electrons. The minimum Gasteiger partial charge on any atom is -0.378 e. The van der Waals surface area contributed by atoms with E-state index in [0.29, 0.717) is 0 Å². The first-order valence-electron chi connectivity index (χ1n) is 5.82. The molecule has 2 rings (SSSR count). The predicted octanol–water partition coefficient (Wildman–Crippen LogP) is 1.71. The van der Waals surface area contributed by atoms with E-state index in [1.54, 1.807) is 0 Å². The van der Waals surface area contributed by atoms with Gasteiger partial charge in [-0.3, -0.25) is 4.90 Å². The summed E-state index contributed by atoms with van der Waals surface area (Å²) < 4.78 is 5.50. The minimum atomic E-state index is 0.124. The standard InChI is InChI=1S/C12H21N3O/c1-12(2,3)10-7-13-11(14-10)9-8-16-6-5-15(9)4/h7,9H,5-6,8H2,1-4H3,(H,13,14). The molecular weight excluding hydrogens is 202 g/mol.